The van der Waals surface area contributed by atoms with Crippen LogP contribution in [0.1, 0.15) is 30.3 Å². The molecule has 0 aliphatic carbocycles. The molecule has 4 rings (SSSR count). The maximum absolute atomic E-state index is 5.90. The van der Waals surface area contributed by atoms with E-state index in [4.69, 9.17) is 9.15 Å². The van der Waals surface area contributed by atoms with E-state index in [1.54, 1.807) is 7.11 Å². The van der Waals surface area contributed by atoms with Gasteiger partial charge in [-0.25, -0.2) is 0 Å². The fourth-order valence-electron chi connectivity index (χ4n) is 3.43. The third-order valence-electron chi connectivity index (χ3n) is 4.62. The molecule has 3 heterocycles. The molecule has 1 aliphatic rings. The molecular weight excluding hydrogens is 318 g/mol. The lowest BCUT2D eigenvalue weighted by molar-refractivity contribution is 0.224. The highest BCUT2D eigenvalue weighted by Crippen LogP contribution is 2.33. The molecule has 7 nitrogen and oxygen atoms in total. The average molecular weight is 339 g/mol. The first kappa shape index (κ1) is 15.8. The van der Waals surface area contributed by atoms with Crippen molar-refractivity contribution in [3.05, 3.63) is 48.1 Å². The first-order valence-corrected chi connectivity index (χ1v) is 8.43. The highest BCUT2D eigenvalue weighted by molar-refractivity contribution is 5.62. The van der Waals surface area contributed by atoms with Crippen molar-refractivity contribution < 1.29 is 9.15 Å². The summed E-state index contributed by atoms with van der Waals surface area (Å²) in [5.74, 6) is 1.84. The number of ether oxygens (including phenoxy) is 1. The van der Waals surface area contributed by atoms with Crippen LogP contribution < -0.4 is 4.74 Å². The molecule has 130 valence electrons. The molecule has 1 atom stereocenters. The number of rotatable bonds is 5. The second-order valence-corrected chi connectivity index (χ2v) is 6.28. The van der Waals surface area contributed by atoms with Crippen LogP contribution in [0.5, 0.6) is 5.75 Å². The summed E-state index contributed by atoms with van der Waals surface area (Å²) in [7, 11) is 3.58. The summed E-state index contributed by atoms with van der Waals surface area (Å²) in [5, 5.41) is 12.7. The van der Waals surface area contributed by atoms with Crippen molar-refractivity contribution in [2.45, 2.75) is 25.4 Å². The van der Waals surface area contributed by atoms with E-state index in [2.05, 4.69) is 26.4 Å². The van der Waals surface area contributed by atoms with Crippen molar-refractivity contribution in [2.24, 2.45) is 7.05 Å². The van der Waals surface area contributed by atoms with Gasteiger partial charge in [-0.05, 0) is 31.5 Å². The van der Waals surface area contributed by atoms with Gasteiger partial charge in [-0.15, -0.1) is 10.2 Å². The molecule has 1 unspecified atom stereocenters. The summed E-state index contributed by atoms with van der Waals surface area (Å²) in [6.07, 6.45) is 6.31. The van der Waals surface area contributed by atoms with E-state index < -0.39 is 0 Å². The van der Waals surface area contributed by atoms with Gasteiger partial charge in [0.2, 0.25) is 5.89 Å². The zero-order valence-corrected chi connectivity index (χ0v) is 14.4. The minimum Gasteiger partial charge on any atom is -0.496 e. The summed E-state index contributed by atoms with van der Waals surface area (Å²) in [4.78, 5) is 2.37. The van der Waals surface area contributed by atoms with Gasteiger partial charge < -0.3 is 9.15 Å². The normalized spacial score (nSPS) is 17.9. The van der Waals surface area contributed by atoms with Gasteiger partial charge in [-0.2, -0.15) is 5.10 Å². The van der Waals surface area contributed by atoms with E-state index in [0.717, 1.165) is 30.7 Å². The van der Waals surface area contributed by atoms with Crippen LogP contribution in [-0.2, 0) is 13.6 Å². The summed E-state index contributed by atoms with van der Waals surface area (Å²) in [6.45, 7) is 1.66. The Labute approximate surface area is 146 Å². The first-order chi connectivity index (χ1) is 12.2. The van der Waals surface area contributed by atoms with Crippen molar-refractivity contribution in [1.82, 2.24) is 24.9 Å². The average Bonchev–Trinajstić information content (AvgIpc) is 3.36. The Hall–Kier alpha value is -2.67. The first-order valence-electron chi connectivity index (χ1n) is 8.43. The van der Waals surface area contributed by atoms with Crippen LogP contribution in [-0.4, -0.2) is 38.5 Å². The molecule has 1 aliphatic heterocycles. The Morgan fingerprint density at radius 3 is 2.96 bits per heavy atom. The molecule has 1 saturated heterocycles. The Morgan fingerprint density at radius 1 is 1.28 bits per heavy atom. The smallest absolute Gasteiger partial charge is 0.251 e. The zero-order valence-electron chi connectivity index (χ0n) is 14.4. The summed E-state index contributed by atoms with van der Waals surface area (Å²) in [5.41, 5.74) is 2.05. The molecule has 0 saturated carbocycles. The van der Waals surface area contributed by atoms with Crippen LogP contribution >= 0.6 is 0 Å². The number of para-hydroxylation sites is 1. The number of benzene rings is 1. The van der Waals surface area contributed by atoms with Crippen LogP contribution in [0, 0.1) is 0 Å². The second-order valence-electron chi connectivity index (χ2n) is 6.28. The van der Waals surface area contributed by atoms with Gasteiger partial charge in [0.25, 0.3) is 5.89 Å². The van der Waals surface area contributed by atoms with Crippen molar-refractivity contribution in [2.75, 3.05) is 13.7 Å². The molecule has 1 fully saturated rings. The molecule has 1 aromatic carbocycles. The lowest BCUT2D eigenvalue weighted by atomic mass is 10.1. The minimum atomic E-state index is 0.357. The maximum atomic E-state index is 5.90. The fourth-order valence-corrected chi connectivity index (χ4v) is 3.43. The van der Waals surface area contributed by atoms with Gasteiger partial charge in [-0.3, -0.25) is 9.58 Å². The number of nitrogens with zero attached hydrogens (tertiary/aromatic N) is 5. The number of likely N-dealkylation sites (tertiary alicyclic amines) is 1. The Balaban J connectivity index is 1.53. The molecule has 0 N–H and O–H groups in total. The molecule has 0 radical (unpaired) electrons. The summed E-state index contributed by atoms with van der Waals surface area (Å²) in [6, 6.07) is 8.02. The number of hydrogen-bond donors (Lipinski definition) is 0. The highest BCUT2D eigenvalue weighted by Gasteiger charge is 2.28. The van der Waals surface area contributed by atoms with E-state index in [9.17, 15) is 0 Å². The predicted molar refractivity (Wildman–Crippen MR) is 91.9 cm³/mol. The minimum absolute atomic E-state index is 0.357. The van der Waals surface area contributed by atoms with E-state index in [0.29, 0.717) is 24.4 Å². The molecule has 0 bridgehead atoms. The lowest BCUT2D eigenvalue weighted by Gasteiger charge is -2.21. The molecule has 7 heteroatoms. The Morgan fingerprint density at radius 2 is 2.16 bits per heavy atom. The third kappa shape index (κ3) is 3.15. The van der Waals surface area contributed by atoms with E-state index in [1.165, 1.54) is 5.56 Å². The van der Waals surface area contributed by atoms with Crippen LogP contribution in [0.3, 0.4) is 0 Å². The van der Waals surface area contributed by atoms with Gasteiger partial charge in [-0.1, -0.05) is 12.1 Å². The summed E-state index contributed by atoms with van der Waals surface area (Å²) >= 11 is 0. The third-order valence-corrected chi connectivity index (χ3v) is 4.62. The van der Waals surface area contributed by atoms with E-state index in [-0.39, 0.29) is 0 Å². The molecular formula is C18H21N5O2. The van der Waals surface area contributed by atoms with Gasteiger partial charge in [0.15, 0.2) is 0 Å². The van der Waals surface area contributed by atoms with Gasteiger partial charge >= 0.3 is 0 Å². The van der Waals surface area contributed by atoms with Crippen molar-refractivity contribution in [3.63, 3.8) is 0 Å². The topological polar surface area (TPSA) is 69.2 Å². The monoisotopic (exact) mass is 339 g/mol. The van der Waals surface area contributed by atoms with Crippen molar-refractivity contribution >= 4 is 0 Å². The quantitative estimate of drug-likeness (QED) is 0.712. The van der Waals surface area contributed by atoms with Crippen molar-refractivity contribution in [1.29, 1.82) is 0 Å². The van der Waals surface area contributed by atoms with Crippen LogP contribution in [0.2, 0.25) is 0 Å². The van der Waals surface area contributed by atoms with E-state index >= 15 is 0 Å². The number of aromatic nitrogens is 4. The molecule has 3 aromatic rings. The fraction of sp³-hybridized carbons (Fsp3) is 0.389. The molecule has 25 heavy (non-hydrogen) atoms. The second kappa shape index (κ2) is 6.68. The van der Waals surface area contributed by atoms with Crippen LogP contribution in [0.15, 0.2) is 41.1 Å². The predicted octanol–water partition coefficient (Wildman–Crippen LogP) is 2.82. The number of methoxy groups -OCH3 is 1. The van der Waals surface area contributed by atoms with Gasteiger partial charge in [0, 0.05) is 24.8 Å². The van der Waals surface area contributed by atoms with Gasteiger partial charge in [0.05, 0.1) is 25.4 Å². The Bertz CT molecular complexity index is 857. The van der Waals surface area contributed by atoms with Crippen molar-refractivity contribution in [3.8, 4) is 17.2 Å². The standard InChI is InChI=1S/C18H21N5O2/c1-22-11-13(10-19-22)15-7-5-9-23(15)12-17-20-21-18(25-17)14-6-3-4-8-16(14)24-2/h3-4,6,8,10-11,15H,5,7,9,12H2,1-2H3. The number of aryl methyl sites for hydroxylation is 1. The number of hydrogen-bond acceptors (Lipinski definition) is 6. The molecule has 0 spiro atoms. The van der Waals surface area contributed by atoms with Gasteiger partial charge in [0.1, 0.15) is 5.75 Å². The Kier molecular flexibility index (Phi) is 4.23. The van der Waals surface area contributed by atoms with Crippen LogP contribution in [0.25, 0.3) is 11.5 Å². The largest absolute Gasteiger partial charge is 0.496 e. The molecule has 2 aromatic heterocycles. The highest BCUT2D eigenvalue weighted by atomic mass is 16.5. The lowest BCUT2D eigenvalue weighted by Crippen LogP contribution is -2.22. The zero-order chi connectivity index (χ0) is 17.2. The van der Waals surface area contributed by atoms with Crippen LogP contribution in [0.4, 0.5) is 0 Å². The molecule has 0 amide bonds. The van der Waals surface area contributed by atoms with E-state index in [1.807, 2.05) is 42.2 Å². The SMILES string of the molecule is COc1ccccc1-c1nnc(CN2CCCC2c2cnn(C)c2)o1. The maximum Gasteiger partial charge on any atom is 0.251 e. The summed E-state index contributed by atoms with van der Waals surface area (Å²) < 4.78 is 13.1.